The number of fused-ring (bicyclic) bond motifs is 4. The summed E-state index contributed by atoms with van der Waals surface area (Å²) in [6.07, 6.45) is 3.56. The normalized spacial score (nSPS) is 24.1. The van der Waals surface area contributed by atoms with Crippen LogP contribution in [0.5, 0.6) is 5.75 Å². The largest absolute Gasteiger partial charge is 0.491 e. The number of Topliss-reactive ketones (excluding diaryl/α,β-unsaturated/α-hetero) is 1. The number of aliphatic hydroxyl groups excluding tert-OH is 1. The first-order chi connectivity index (χ1) is 21.4. The van der Waals surface area contributed by atoms with Gasteiger partial charge in [0.25, 0.3) is 0 Å². The molecule has 1 fully saturated rings. The molecule has 0 saturated heterocycles. The molecule has 4 aromatic rings. The monoisotopic (exact) mass is 589 g/mol. The van der Waals surface area contributed by atoms with E-state index in [1.807, 2.05) is 84.9 Å². The summed E-state index contributed by atoms with van der Waals surface area (Å²) in [5, 5.41) is 9.60. The lowest BCUT2D eigenvalue weighted by molar-refractivity contribution is -0.133. The minimum absolute atomic E-state index is 0.0383. The Bertz CT molecular complexity index is 1970. The molecular weight excluding hydrogens is 558 g/mol. The van der Waals surface area contributed by atoms with Gasteiger partial charge in [-0.2, -0.15) is 0 Å². The Hall–Kier alpha value is -5.02. The number of ketones is 2. The second-order valence-corrected chi connectivity index (χ2v) is 11.5. The molecule has 4 atom stereocenters. The molecule has 3 aromatic carbocycles. The van der Waals surface area contributed by atoms with E-state index in [4.69, 9.17) is 4.74 Å². The third-order valence-electron chi connectivity index (χ3n) is 9.41. The van der Waals surface area contributed by atoms with Crippen molar-refractivity contribution in [3.8, 4) is 5.75 Å². The summed E-state index contributed by atoms with van der Waals surface area (Å²) in [5.74, 6) is -1.52. The fourth-order valence-corrected chi connectivity index (χ4v) is 7.60. The van der Waals surface area contributed by atoms with Crippen LogP contribution in [0, 0.1) is 5.92 Å². The van der Waals surface area contributed by atoms with Crippen LogP contribution in [0.2, 0.25) is 0 Å². The van der Waals surface area contributed by atoms with E-state index in [0.29, 0.717) is 28.0 Å². The van der Waals surface area contributed by atoms with E-state index < -0.39 is 34.7 Å². The van der Waals surface area contributed by atoms with Crippen molar-refractivity contribution in [3.05, 3.63) is 140 Å². The van der Waals surface area contributed by atoms with Crippen molar-refractivity contribution in [1.82, 2.24) is 13.9 Å². The minimum atomic E-state index is -1.36. The lowest BCUT2D eigenvalue weighted by Crippen LogP contribution is -2.58. The van der Waals surface area contributed by atoms with E-state index in [2.05, 4.69) is 0 Å². The van der Waals surface area contributed by atoms with Crippen LogP contribution in [0.1, 0.15) is 35.1 Å². The van der Waals surface area contributed by atoms with Gasteiger partial charge in [-0.1, -0.05) is 84.9 Å². The van der Waals surface area contributed by atoms with Crippen LogP contribution in [0.25, 0.3) is 5.57 Å². The van der Waals surface area contributed by atoms with E-state index in [1.165, 1.54) is 22.5 Å². The van der Waals surface area contributed by atoms with Gasteiger partial charge in [-0.15, -0.1) is 0 Å². The SMILES string of the molecule is Cn1c(=O)n2n(c1=O)[C@@H]1C[C@H]3C(=O)C(c4ccccc4)=CC(=O)[C@@]3(c3ccccc3)[C@@H](c3ccccc3OCCO)C1=CC2. The first-order valence-electron chi connectivity index (χ1n) is 14.7. The molecule has 3 aliphatic rings. The Balaban J connectivity index is 1.56. The molecule has 7 rings (SSSR count). The Morgan fingerprint density at radius 2 is 1.57 bits per heavy atom. The van der Waals surface area contributed by atoms with Gasteiger partial charge in [-0.25, -0.2) is 23.5 Å². The zero-order valence-electron chi connectivity index (χ0n) is 24.1. The third-order valence-corrected chi connectivity index (χ3v) is 9.41. The van der Waals surface area contributed by atoms with Crippen LogP contribution in [-0.2, 0) is 28.6 Å². The quantitative estimate of drug-likeness (QED) is 0.346. The molecule has 2 aliphatic carbocycles. The van der Waals surface area contributed by atoms with Crippen molar-refractivity contribution in [2.45, 2.75) is 30.3 Å². The number of nitrogens with zero attached hydrogens (tertiary/aromatic N) is 3. The molecular formula is C35H31N3O6. The highest BCUT2D eigenvalue weighted by Gasteiger charge is 2.63. The smallest absolute Gasteiger partial charge is 0.347 e. The molecule has 0 amide bonds. The van der Waals surface area contributed by atoms with Crippen molar-refractivity contribution >= 4 is 17.1 Å². The first kappa shape index (κ1) is 27.8. The Kier molecular flexibility index (Phi) is 6.70. The zero-order valence-corrected chi connectivity index (χ0v) is 24.1. The van der Waals surface area contributed by atoms with Crippen LogP contribution < -0.4 is 16.1 Å². The number of aliphatic hydroxyl groups is 1. The molecule has 1 N–H and O–H groups in total. The molecule has 9 heteroatoms. The van der Waals surface area contributed by atoms with E-state index in [1.54, 1.807) is 6.07 Å². The summed E-state index contributed by atoms with van der Waals surface area (Å²) in [4.78, 5) is 56.4. The van der Waals surface area contributed by atoms with Crippen LogP contribution in [-0.4, -0.2) is 43.8 Å². The zero-order chi connectivity index (χ0) is 30.6. The second-order valence-electron chi connectivity index (χ2n) is 11.5. The predicted octanol–water partition coefficient (Wildman–Crippen LogP) is 3.18. The molecule has 2 heterocycles. The number of hydrogen-bond donors (Lipinski definition) is 1. The number of carbonyl (C=O) groups is 2. The maximum Gasteiger partial charge on any atom is 0.347 e. The highest BCUT2D eigenvalue weighted by molar-refractivity contribution is 6.31. The molecule has 1 aliphatic heterocycles. The summed E-state index contributed by atoms with van der Waals surface area (Å²) in [6, 6.07) is 25.2. The fraction of sp³-hybridized carbons (Fsp3) is 0.257. The first-order valence-corrected chi connectivity index (χ1v) is 14.7. The fourth-order valence-electron chi connectivity index (χ4n) is 7.60. The molecule has 222 valence electrons. The van der Waals surface area contributed by atoms with Gasteiger partial charge in [-0.3, -0.25) is 9.59 Å². The summed E-state index contributed by atoms with van der Waals surface area (Å²) in [7, 11) is 1.45. The number of carbonyl (C=O) groups excluding carboxylic acids is 2. The Labute approximate surface area is 252 Å². The van der Waals surface area contributed by atoms with Crippen molar-refractivity contribution in [2.24, 2.45) is 13.0 Å². The molecule has 0 radical (unpaired) electrons. The van der Waals surface area contributed by atoms with E-state index >= 15 is 0 Å². The summed E-state index contributed by atoms with van der Waals surface area (Å²) < 4.78 is 9.96. The summed E-state index contributed by atoms with van der Waals surface area (Å²) in [6.45, 7) is -0.0284. The Morgan fingerprint density at radius 3 is 2.30 bits per heavy atom. The van der Waals surface area contributed by atoms with Gasteiger partial charge >= 0.3 is 11.4 Å². The maximum atomic E-state index is 15.0. The second kappa shape index (κ2) is 10.6. The van der Waals surface area contributed by atoms with Crippen LogP contribution in [0.3, 0.4) is 0 Å². The topological polar surface area (TPSA) is 113 Å². The molecule has 9 nitrogen and oxygen atoms in total. The predicted molar refractivity (Wildman–Crippen MR) is 163 cm³/mol. The maximum absolute atomic E-state index is 15.0. The minimum Gasteiger partial charge on any atom is -0.491 e. The lowest BCUT2D eigenvalue weighted by Gasteiger charge is -2.54. The van der Waals surface area contributed by atoms with Crippen LogP contribution >= 0.6 is 0 Å². The standard InChI is InChI=1S/C35H31N3O6/c1-36-33(42)37-17-16-24-28(38(37)34(36)43)21-27-32(41)26(22-10-4-2-5-11-22)20-30(40)35(27,23-12-6-3-7-13-23)31(24)25-14-8-9-15-29(25)44-19-18-39/h2-16,20,27-28,31,39H,17-19,21H2,1H3/t27-,28+,31+,35-/m0/s1. The number of benzene rings is 3. The van der Waals surface area contributed by atoms with E-state index in [-0.39, 0.29) is 37.7 Å². The van der Waals surface area contributed by atoms with Gasteiger partial charge in [0.2, 0.25) is 0 Å². The molecule has 0 spiro atoms. The molecule has 1 aromatic heterocycles. The average molecular weight is 590 g/mol. The highest BCUT2D eigenvalue weighted by atomic mass is 16.5. The number of allylic oxidation sites excluding steroid dienone is 4. The lowest BCUT2D eigenvalue weighted by atomic mass is 9.47. The number of aromatic nitrogens is 3. The molecule has 0 unspecified atom stereocenters. The number of para-hydroxylation sites is 1. The van der Waals surface area contributed by atoms with Crippen molar-refractivity contribution in [2.75, 3.05) is 13.2 Å². The van der Waals surface area contributed by atoms with Gasteiger partial charge in [0.05, 0.1) is 24.6 Å². The number of rotatable bonds is 6. The Morgan fingerprint density at radius 1 is 0.886 bits per heavy atom. The summed E-state index contributed by atoms with van der Waals surface area (Å²) in [5.41, 5.74) is 0.832. The van der Waals surface area contributed by atoms with Gasteiger partial charge in [0, 0.05) is 30.0 Å². The van der Waals surface area contributed by atoms with Gasteiger partial charge in [-0.05, 0) is 35.3 Å². The van der Waals surface area contributed by atoms with Crippen molar-refractivity contribution < 1.29 is 19.4 Å². The van der Waals surface area contributed by atoms with Crippen molar-refractivity contribution in [3.63, 3.8) is 0 Å². The number of hydrogen-bond acceptors (Lipinski definition) is 6. The van der Waals surface area contributed by atoms with Crippen LogP contribution in [0.15, 0.2) is 112 Å². The molecule has 44 heavy (non-hydrogen) atoms. The van der Waals surface area contributed by atoms with Crippen molar-refractivity contribution in [1.29, 1.82) is 0 Å². The van der Waals surface area contributed by atoms with E-state index in [9.17, 15) is 24.3 Å². The van der Waals surface area contributed by atoms with Crippen LogP contribution in [0.4, 0.5) is 0 Å². The van der Waals surface area contributed by atoms with E-state index in [0.717, 1.165) is 10.1 Å². The molecule has 1 saturated carbocycles. The van der Waals surface area contributed by atoms with Gasteiger partial charge in [0.1, 0.15) is 12.4 Å². The third kappa shape index (κ3) is 3.89. The average Bonchev–Trinajstić information content (AvgIpc) is 3.29. The van der Waals surface area contributed by atoms with Gasteiger partial charge in [0.15, 0.2) is 11.6 Å². The van der Waals surface area contributed by atoms with Gasteiger partial charge < -0.3 is 9.84 Å². The number of ether oxygens (including phenoxy) is 1. The highest BCUT2D eigenvalue weighted by Crippen LogP contribution is 2.62. The summed E-state index contributed by atoms with van der Waals surface area (Å²) >= 11 is 0. The molecule has 0 bridgehead atoms.